The van der Waals surface area contributed by atoms with E-state index < -0.39 is 0 Å². The maximum Gasteiger partial charge on any atom is 0.263 e. The Labute approximate surface area is 102 Å². The molecule has 0 saturated carbocycles. The second-order valence-electron chi connectivity index (χ2n) is 3.14. The van der Waals surface area contributed by atoms with Gasteiger partial charge in [0.1, 0.15) is 16.0 Å². The Morgan fingerprint density at radius 3 is 2.38 bits per heavy atom. The Morgan fingerprint density at radius 2 is 1.88 bits per heavy atom. The Morgan fingerprint density at radius 1 is 1.25 bits per heavy atom. The van der Waals surface area contributed by atoms with Crippen LogP contribution in [0.4, 0.5) is 0 Å². The Hall–Kier alpha value is -1.34. The lowest BCUT2D eigenvalue weighted by Crippen LogP contribution is -2.17. The first-order valence-electron chi connectivity index (χ1n) is 4.49. The normalized spacial score (nSPS) is 18.0. The quantitative estimate of drug-likeness (QED) is 0.593. The molecule has 1 amide bonds. The molecule has 1 saturated heterocycles. The lowest BCUT2D eigenvalue weighted by Gasteiger charge is -1.97. The van der Waals surface area contributed by atoms with Crippen molar-refractivity contribution in [1.29, 1.82) is 0 Å². The van der Waals surface area contributed by atoms with Gasteiger partial charge in [0.25, 0.3) is 5.91 Å². The van der Waals surface area contributed by atoms with Crippen molar-refractivity contribution in [1.82, 2.24) is 20.3 Å². The van der Waals surface area contributed by atoms with Gasteiger partial charge in [-0.3, -0.25) is 4.79 Å². The molecule has 1 aromatic rings. The molecule has 0 bridgehead atoms. The van der Waals surface area contributed by atoms with E-state index in [0.29, 0.717) is 26.7 Å². The maximum absolute atomic E-state index is 11.4. The highest BCUT2D eigenvalue weighted by molar-refractivity contribution is 8.26. The molecule has 0 radical (unpaired) electrons. The Bertz CT molecular complexity index is 492. The van der Waals surface area contributed by atoms with E-state index in [2.05, 4.69) is 20.3 Å². The van der Waals surface area contributed by atoms with E-state index in [9.17, 15) is 4.79 Å². The first-order valence-corrected chi connectivity index (χ1v) is 5.71. The summed E-state index contributed by atoms with van der Waals surface area (Å²) in [4.78, 5) is 24.2. The molecule has 0 atom stereocenters. The Kier molecular flexibility index (Phi) is 2.97. The number of amides is 1. The van der Waals surface area contributed by atoms with Gasteiger partial charge in [-0.1, -0.05) is 24.0 Å². The van der Waals surface area contributed by atoms with E-state index >= 15 is 0 Å². The Balaban J connectivity index is 2.36. The summed E-state index contributed by atoms with van der Waals surface area (Å²) in [6.45, 7) is 3.56. The molecule has 1 aromatic heterocycles. The SMILES string of the molecule is Cc1nc(C)nc(C=C2SC(=S)NC2=O)n1. The minimum absolute atomic E-state index is 0.203. The van der Waals surface area contributed by atoms with Crippen LogP contribution in [-0.2, 0) is 4.79 Å². The summed E-state index contributed by atoms with van der Waals surface area (Å²) in [5.74, 6) is 1.54. The van der Waals surface area contributed by atoms with Crippen molar-refractivity contribution in [2.24, 2.45) is 0 Å². The topological polar surface area (TPSA) is 67.8 Å². The first-order chi connectivity index (χ1) is 7.54. The first kappa shape index (κ1) is 11.2. The van der Waals surface area contributed by atoms with Crippen LogP contribution in [0.3, 0.4) is 0 Å². The monoisotopic (exact) mass is 252 g/mol. The van der Waals surface area contributed by atoms with E-state index in [1.54, 1.807) is 19.9 Å². The zero-order valence-electron chi connectivity index (χ0n) is 8.64. The lowest BCUT2D eigenvalue weighted by molar-refractivity contribution is -0.115. The van der Waals surface area contributed by atoms with Crippen LogP contribution in [0, 0.1) is 13.8 Å². The molecule has 2 rings (SSSR count). The van der Waals surface area contributed by atoms with E-state index in [1.165, 1.54) is 11.8 Å². The van der Waals surface area contributed by atoms with Crippen molar-refractivity contribution in [2.45, 2.75) is 13.8 Å². The number of aromatic nitrogens is 3. The average Bonchev–Trinajstić information content (AvgIpc) is 2.43. The number of hydrogen-bond acceptors (Lipinski definition) is 6. The molecule has 2 heterocycles. The molecule has 5 nitrogen and oxygen atoms in total. The maximum atomic E-state index is 11.4. The van der Waals surface area contributed by atoms with Crippen molar-refractivity contribution in [3.63, 3.8) is 0 Å². The lowest BCUT2D eigenvalue weighted by atomic mass is 10.4. The third kappa shape index (κ3) is 2.42. The summed E-state index contributed by atoms with van der Waals surface area (Å²) in [6.07, 6.45) is 1.61. The highest BCUT2D eigenvalue weighted by Gasteiger charge is 2.22. The summed E-state index contributed by atoms with van der Waals surface area (Å²) >= 11 is 6.09. The van der Waals surface area contributed by atoms with Crippen molar-refractivity contribution in [2.75, 3.05) is 0 Å². The minimum atomic E-state index is -0.203. The molecule has 1 aliphatic heterocycles. The fourth-order valence-corrected chi connectivity index (χ4v) is 2.26. The second-order valence-corrected chi connectivity index (χ2v) is 4.86. The molecule has 0 aliphatic carbocycles. The van der Waals surface area contributed by atoms with Crippen LogP contribution in [0.1, 0.15) is 17.5 Å². The highest BCUT2D eigenvalue weighted by Crippen LogP contribution is 2.24. The van der Waals surface area contributed by atoms with Gasteiger partial charge < -0.3 is 5.32 Å². The van der Waals surface area contributed by atoms with Gasteiger partial charge in [-0.15, -0.1) is 0 Å². The van der Waals surface area contributed by atoms with Crippen LogP contribution >= 0.6 is 24.0 Å². The summed E-state index contributed by atoms with van der Waals surface area (Å²) < 4.78 is 0.457. The molecule has 1 fully saturated rings. The molecule has 1 N–H and O–H groups in total. The number of thiocarbonyl (C=S) groups is 1. The van der Waals surface area contributed by atoms with Gasteiger partial charge in [0, 0.05) is 6.08 Å². The third-order valence-corrected chi connectivity index (χ3v) is 2.94. The molecule has 1 aliphatic rings. The van der Waals surface area contributed by atoms with E-state index in [1.807, 2.05) is 0 Å². The van der Waals surface area contributed by atoms with Gasteiger partial charge in [0.2, 0.25) is 0 Å². The number of rotatable bonds is 1. The van der Waals surface area contributed by atoms with Crippen molar-refractivity contribution < 1.29 is 4.79 Å². The average molecular weight is 252 g/mol. The number of aryl methyl sites for hydroxylation is 2. The van der Waals surface area contributed by atoms with E-state index in [-0.39, 0.29) is 5.91 Å². The van der Waals surface area contributed by atoms with Crippen LogP contribution in [0.15, 0.2) is 4.91 Å². The van der Waals surface area contributed by atoms with Gasteiger partial charge in [-0.2, -0.15) is 0 Å². The predicted octanol–water partition coefficient (Wildman–Crippen LogP) is 0.977. The highest BCUT2D eigenvalue weighted by atomic mass is 32.2. The number of hydrogen-bond donors (Lipinski definition) is 1. The fourth-order valence-electron chi connectivity index (χ4n) is 1.24. The summed E-state index contributed by atoms with van der Waals surface area (Å²) in [7, 11) is 0. The molecular weight excluding hydrogens is 244 g/mol. The van der Waals surface area contributed by atoms with Crippen LogP contribution in [0.25, 0.3) is 6.08 Å². The number of thioether (sulfide) groups is 1. The van der Waals surface area contributed by atoms with Gasteiger partial charge in [0.05, 0.1) is 4.91 Å². The summed E-state index contributed by atoms with van der Waals surface area (Å²) in [5.41, 5.74) is 0. The van der Waals surface area contributed by atoms with E-state index in [0.717, 1.165) is 0 Å². The zero-order valence-corrected chi connectivity index (χ0v) is 10.3. The van der Waals surface area contributed by atoms with Gasteiger partial charge >= 0.3 is 0 Å². The summed E-state index contributed by atoms with van der Waals surface area (Å²) in [6, 6.07) is 0. The van der Waals surface area contributed by atoms with Gasteiger partial charge in [0.15, 0.2) is 5.82 Å². The number of nitrogens with one attached hydrogen (secondary N) is 1. The largest absolute Gasteiger partial charge is 0.307 e. The summed E-state index contributed by atoms with van der Waals surface area (Å²) in [5, 5.41) is 2.53. The van der Waals surface area contributed by atoms with Crippen molar-refractivity contribution >= 4 is 40.3 Å². The standard InChI is InChI=1S/C9H8N4OS2/c1-4-10-5(2)12-7(11-4)3-6-8(14)13-9(15)16-6/h3H,1-2H3,(H,13,14,15). The van der Waals surface area contributed by atoms with Crippen LogP contribution in [-0.4, -0.2) is 25.2 Å². The third-order valence-electron chi connectivity index (χ3n) is 1.78. The molecule has 16 heavy (non-hydrogen) atoms. The molecular formula is C9H8N4OS2. The molecule has 0 unspecified atom stereocenters. The number of carbonyl (C=O) groups is 1. The van der Waals surface area contributed by atoms with Gasteiger partial charge in [-0.25, -0.2) is 15.0 Å². The van der Waals surface area contributed by atoms with E-state index in [4.69, 9.17) is 12.2 Å². The number of carbonyl (C=O) groups excluding carboxylic acids is 1. The smallest absolute Gasteiger partial charge is 0.263 e. The van der Waals surface area contributed by atoms with Crippen molar-refractivity contribution in [3.05, 3.63) is 22.4 Å². The fraction of sp³-hybridized carbons (Fsp3) is 0.222. The molecule has 0 spiro atoms. The predicted molar refractivity (Wildman–Crippen MR) is 65.6 cm³/mol. The number of nitrogens with zero attached hydrogens (tertiary/aromatic N) is 3. The van der Waals surface area contributed by atoms with Gasteiger partial charge in [-0.05, 0) is 13.8 Å². The minimum Gasteiger partial charge on any atom is -0.307 e. The van der Waals surface area contributed by atoms with Crippen LogP contribution < -0.4 is 5.32 Å². The van der Waals surface area contributed by atoms with Crippen LogP contribution in [0.5, 0.6) is 0 Å². The second kappa shape index (κ2) is 4.26. The zero-order chi connectivity index (χ0) is 11.7. The molecule has 0 aromatic carbocycles. The van der Waals surface area contributed by atoms with Crippen molar-refractivity contribution in [3.8, 4) is 0 Å². The van der Waals surface area contributed by atoms with Crippen LogP contribution in [0.2, 0.25) is 0 Å². The molecule has 82 valence electrons. The molecule has 7 heteroatoms.